The van der Waals surface area contributed by atoms with Gasteiger partial charge in [-0.05, 0) is 13.8 Å². The predicted octanol–water partition coefficient (Wildman–Crippen LogP) is 0.580. The normalized spacial score (nSPS) is 44.6. The number of hydrogen-bond donors (Lipinski definition) is 1. The van der Waals surface area contributed by atoms with Crippen LogP contribution in [-0.2, 0) is 14.3 Å². The lowest BCUT2D eigenvalue weighted by Gasteiger charge is -2.36. The molecule has 4 nitrogen and oxygen atoms in total. The Morgan fingerprint density at radius 1 is 1.47 bits per heavy atom. The van der Waals surface area contributed by atoms with E-state index in [9.17, 15) is 9.90 Å². The van der Waals surface area contributed by atoms with E-state index in [0.717, 1.165) is 0 Å². The van der Waals surface area contributed by atoms with Crippen molar-refractivity contribution in [2.75, 3.05) is 7.11 Å². The minimum Gasteiger partial charge on any atom is -0.459 e. The van der Waals surface area contributed by atoms with Crippen LogP contribution >= 0.6 is 0 Å². The third-order valence-electron chi connectivity index (χ3n) is 3.76. The minimum absolute atomic E-state index is 0.138. The maximum atomic E-state index is 11.6. The Morgan fingerprint density at radius 3 is 2.53 bits per heavy atom. The smallest absolute Gasteiger partial charge is 0.310 e. The summed E-state index contributed by atoms with van der Waals surface area (Å²) < 4.78 is 10.6. The molecule has 1 heterocycles. The summed E-state index contributed by atoms with van der Waals surface area (Å²) in [6.07, 6.45) is -0.369. The van der Waals surface area contributed by atoms with Gasteiger partial charge < -0.3 is 14.6 Å². The van der Waals surface area contributed by atoms with Crippen molar-refractivity contribution in [2.24, 2.45) is 17.8 Å². The van der Waals surface area contributed by atoms with Crippen LogP contribution in [0, 0.1) is 17.8 Å². The van der Waals surface area contributed by atoms with Gasteiger partial charge in [0.1, 0.15) is 12.2 Å². The third kappa shape index (κ3) is 1.39. The number of ether oxygens (including phenoxy) is 2. The minimum atomic E-state index is -0.909. The summed E-state index contributed by atoms with van der Waals surface area (Å²) in [6.45, 7) is 5.44. The fourth-order valence-corrected chi connectivity index (χ4v) is 3.11. The Balaban J connectivity index is 2.34. The number of rotatable bonds is 2. The van der Waals surface area contributed by atoms with E-state index in [1.165, 1.54) is 0 Å². The molecule has 5 atom stereocenters. The van der Waals surface area contributed by atoms with Crippen molar-refractivity contribution in [1.29, 1.82) is 0 Å². The van der Waals surface area contributed by atoms with E-state index in [-0.39, 0.29) is 35.9 Å². The highest BCUT2D eigenvalue weighted by molar-refractivity contribution is 5.77. The number of fused-ring (bicyclic) bond motifs is 2. The van der Waals surface area contributed by atoms with E-state index in [1.54, 1.807) is 21.0 Å². The van der Waals surface area contributed by atoms with Crippen molar-refractivity contribution in [1.82, 2.24) is 0 Å². The molecule has 15 heavy (non-hydrogen) atoms. The Kier molecular flexibility index (Phi) is 2.32. The number of methoxy groups -OCH3 is 1. The quantitative estimate of drug-likeness (QED) is 0.683. The summed E-state index contributed by atoms with van der Waals surface area (Å²) in [7, 11) is 1.60. The van der Waals surface area contributed by atoms with Gasteiger partial charge >= 0.3 is 5.97 Å². The molecular weight excluding hydrogens is 196 g/mol. The first-order chi connectivity index (χ1) is 6.88. The average molecular weight is 214 g/mol. The second kappa shape index (κ2) is 3.19. The van der Waals surface area contributed by atoms with E-state index < -0.39 is 5.60 Å². The SMILES string of the molecule is CO[C@@H]1[C@@H]2OC(=O)[C@@H]([C@H]2C)[C@H]1C(C)(C)O. The van der Waals surface area contributed by atoms with Crippen LogP contribution in [0.15, 0.2) is 0 Å². The second-order valence-corrected chi connectivity index (χ2v) is 5.17. The van der Waals surface area contributed by atoms with Crippen LogP contribution in [0.3, 0.4) is 0 Å². The highest BCUT2D eigenvalue weighted by Gasteiger charge is 2.63. The van der Waals surface area contributed by atoms with Crippen LogP contribution in [0.5, 0.6) is 0 Å². The molecule has 0 aromatic carbocycles. The van der Waals surface area contributed by atoms with Gasteiger partial charge in [0, 0.05) is 18.9 Å². The first-order valence-corrected chi connectivity index (χ1v) is 5.33. The summed E-state index contributed by atoms with van der Waals surface area (Å²) in [5.74, 6) is -0.435. The van der Waals surface area contributed by atoms with Crippen molar-refractivity contribution in [3.05, 3.63) is 0 Å². The fraction of sp³-hybridized carbons (Fsp3) is 0.909. The van der Waals surface area contributed by atoms with Gasteiger partial charge in [-0.3, -0.25) is 4.79 Å². The van der Waals surface area contributed by atoms with Crippen LogP contribution < -0.4 is 0 Å². The Hall–Kier alpha value is -0.610. The van der Waals surface area contributed by atoms with E-state index in [2.05, 4.69) is 0 Å². The molecule has 0 unspecified atom stereocenters. The first-order valence-electron chi connectivity index (χ1n) is 5.33. The van der Waals surface area contributed by atoms with Gasteiger partial charge in [-0.1, -0.05) is 6.92 Å². The summed E-state index contributed by atoms with van der Waals surface area (Å²) in [6, 6.07) is 0. The maximum absolute atomic E-state index is 11.6. The molecule has 2 aliphatic rings. The molecule has 2 fully saturated rings. The molecule has 1 aliphatic heterocycles. The van der Waals surface area contributed by atoms with Gasteiger partial charge in [-0.15, -0.1) is 0 Å². The molecule has 1 aliphatic carbocycles. The van der Waals surface area contributed by atoms with E-state index in [1.807, 2.05) is 6.92 Å². The Bertz CT molecular complexity index is 281. The highest BCUT2D eigenvalue weighted by atomic mass is 16.6. The van der Waals surface area contributed by atoms with Crippen LogP contribution in [0.25, 0.3) is 0 Å². The summed E-state index contributed by atoms with van der Waals surface area (Å²) in [5.41, 5.74) is -0.909. The monoisotopic (exact) mass is 214 g/mol. The standard InChI is InChI=1S/C11H18O4/c1-5-6-7(11(2,3)13)9(14-4)8(5)15-10(6)12/h5-9,13H,1-4H3/t5-,6+,7-,8-,9+/m1/s1. The number of aliphatic hydroxyl groups is 1. The van der Waals surface area contributed by atoms with Crippen molar-refractivity contribution >= 4 is 5.97 Å². The zero-order chi connectivity index (χ0) is 11.4. The molecular formula is C11H18O4. The molecule has 1 N–H and O–H groups in total. The van der Waals surface area contributed by atoms with Gasteiger partial charge in [0.15, 0.2) is 0 Å². The zero-order valence-corrected chi connectivity index (χ0v) is 9.56. The van der Waals surface area contributed by atoms with Crippen LogP contribution in [0.1, 0.15) is 20.8 Å². The van der Waals surface area contributed by atoms with Gasteiger partial charge in [-0.25, -0.2) is 0 Å². The van der Waals surface area contributed by atoms with Crippen molar-refractivity contribution < 1.29 is 19.4 Å². The molecule has 1 saturated heterocycles. The van der Waals surface area contributed by atoms with E-state index >= 15 is 0 Å². The van der Waals surface area contributed by atoms with Gasteiger partial charge in [-0.2, -0.15) is 0 Å². The molecule has 0 amide bonds. The molecule has 86 valence electrons. The molecule has 1 saturated carbocycles. The number of esters is 1. The molecule has 2 bridgehead atoms. The lowest BCUT2D eigenvalue weighted by molar-refractivity contribution is -0.174. The lowest BCUT2D eigenvalue weighted by Crippen LogP contribution is -2.48. The van der Waals surface area contributed by atoms with E-state index in [0.29, 0.717) is 0 Å². The fourth-order valence-electron chi connectivity index (χ4n) is 3.11. The first kappa shape index (κ1) is 10.9. The summed E-state index contributed by atoms with van der Waals surface area (Å²) >= 11 is 0. The van der Waals surface area contributed by atoms with Gasteiger partial charge in [0.05, 0.1) is 11.5 Å². The lowest BCUT2D eigenvalue weighted by atomic mass is 9.79. The van der Waals surface area contributed by atoms with Gasteiger partial charge in [0.2, 0.25) is 0 Å². The zero-order valence-electron chi connectivity index (χ0n) is 9.56. The van der Waals surface area contributed by atoms with Crippen molar-refractivity contribution in [3.8, 4) is 0 Å². The Labute approximate surface area is 89.6 Å². The van der Waals surface area contributed by atoms with Crippen molar-refractivity contribution in [3.63, 3.8) is 0 Å². The highest BCUT2D eigenvalue weighted by Crippen LogP contribution is 2.50. The number of carbonyl (C=O) groups is 1. The largest absolute Gasteiger partial charge is 0.459 e. The molecule has 2 rings (SSSR count). The predicted molar refractivity (Wildman–Crippen MR) is 53.1 cm³/mol. The number of hydrogen-bond acceptors (Lipinski definition) is 4. The number of carbonyl (C=O) groups excluding carboxylic acids is 1. The van der Waals surface area contributed by atoms with Crippen LogP contribution in [0.4, 0.5) is 0 Å². The van der Waals surface area contributed by atoms with Crippen molar-refractivity contribution in [2.45, 2.75) is 38.6 Å². The van der Waals surface area contributed by atoms with Crippen LogP contribution in [0.2, 0.25) is 0 Å². The molecule has 0 aromatic rings. The average Bonchev–Trinajstić information content (AvgIpc) is 2.53. The third-order valence-corrected chi connectivity index (χ3v) is 3.76. The molecule has 0 spiro atoms. The maximum Gasteiger partial charge on any atom is 0.310 e. The summed E-state index contributed by atoms with van der Waals surface area (Å²) in [4.78, 5) is 11.6. The summed E-state index contributed by atoms with van der Waals surface area (Å²) in [5, 5.41) is 10.1. The van der Waals surface area contributed by atoms with E-state index in [4.69, 9.17) is 9.47 Å². The topological polar surface area (TPSA) is 55.8 Å². The molecule has 0 radical (unpaired) electrons. The second-order valence-electron chi connectivity index (χ2n) is 5.17. The van der Waals surface area contributed by atoms with Crippen LogP contribution in [-0.4, -0.2) is 36.0 Å². The Morgan fingerprint density at radius 2 is 2.07 bits per heavy atom. The van der Waals surface area contributed by atoms with Gasteiger partial charge in [0.25, 0.3) is 0 Å². The molecule has 0 aromatic heterocycles. The molecule has 4 heteroatoms.